The Hall–Kier alpha value is -1.56. The van der Waals surface area contributed by atoms with Crippen molar-refractivity contribution in [2.24, 2.45) is 5.92 Å². The van der Waals surface area contributed by atoms with Gasteiger partial charge in [-0.05, 0) is 69.8 Å². The average molecular weight is 437 g/mol. The minimum Gasteiger partial charge on any atom is -0.352 e. The zero-order valence-corrected chi connectivity index (χ0v) is 18.8. The Balaban J connectivity index is 1.48. The molecular weight excluding hydrogens is 407 g/mol. The Kier molecular flexibility index (Phi) is 7.99. The van der Waals surface area contributed by atoms with E-state index in [-0.39, 0.29) is 5.91 Å². The van der Waals surface area contributed by atoms with Gasteiger partial charge >= 0.3 is 0 Å². The summed E-state index contributed by atoms with van der Waals surface area (Å²) in [5, 5.41) is 8.44. The number of aromatic nitrogens is 2. The fourth-order valence-corrected chi connectivity index (χ4v) is 4.26. The number of hydrogen-bond acceptors (Lipinski definition) is 3. The largest absolute Gasteiger partial charge is 0.352 e. The zero-order chi connectivity index (χ0) is 20.8. The van der Waals surface area contributed by atoms with E-state index in [1.807, 2.05) is 24.3 Å². The second-order valence-electron chi connectivity index (χ2n) is 7.99. The minimum absolute atomic E-state index is 0.162. The number of aryl methyl sites for hydroxylation is 1. The highest BCUT2D eigenvalue weighted by Gasteiger charge is 2.20. The molecule has 0 radical (unpaired) electrons. The lowest BCUT2D eigenvalue weighted by atomic mass is 9.99. The molecule has 1 N–H and O–H groups in total. The van der Waals surface area contributed by atoms with E-state index < -0.39 is 0 Å². The molecule has 3 rings (SSSR count). The van der Waals surface area contributed by atoms with Crippen molar-refractivity contribution >= 4 is 29.1 Å². The van der Waals surface area contributed by atoms with E-state index in [0.717, 1.165) is 30.9 Å². The van der Waals surface area contributed by atoms with Crippen LogP contribution in [-0.4, -0.2) is 46.8 Å². The molecule has 0 aliphatic carbocycles. The van der Waals surface area contributed by atoms with Gasteiger partial charge < -0.3 is 10.2 Å². The lowest BCUT2D eigenvalue weighted by Crippen LogP contribution is -2.34. The molecule has 0 spiro atoms. The van der Waals surface area contributed by atoms with Crippen LogP contribution in [0, 0.1) is 12.8 Å². The number of carbonyl (C=O) groups excluding carboxylic acids is 1. The molecule has 2 aromatic rings. The van der Waals surface area contributed by atoms with Crippen molar-refractivity contribution in [1.82, 2.24) is 20.0 Å². The Morgan fingerprint density at radius 1 is 1.21 bits per heavy atom. The topological polar surface area (TPSA) is 50.2 Å². The van der Waals surface area contributed by atoms with Crippen molar-refractivity contribution in [3.63, 3.8) is 0 Å². The number of nitrogens with zero attached hydrogens (tertiary/aromatic N) is 3. The van der Waals surface area contributed by atoms with Crippen molar-refractivity contribution in [2.45, 2.75) is 46.1 Å². The van der Waals surface area contributed by atoms with Crippen molar-refractivity contribution in [3.8, 4) is 0 Å². The molecule has 1 aliphatic heterocycles. The summed E-state index contributed by atoms with van der Waals surface area (Å²) in [6.07, 6.45) is 4.65. The molecule has 5 nitrogen and oxygen atoms in total. The highest BCUT2D eigenvalue weighted by Crippen LogP contribution is 2.23. The smallest absolute Gasteiger partial charge is 0.256 e. The fourth-order valence-electron chi connectivity index (χ4n) is 3.74. The van der Waals surface area contributed by atoms with Crippen LogP contribution in [0.1, 0.15) is 54.2 Å². The monoisotopic (exact) mass is 436 g/mol. The summed E-state index contributed by atoms with van der Waals surface area (Å²) >= 11 is 12.7. The minimum atomic E-state index is -0.162. The van der Waals surface area contributed by atoms with Gasteiger partial charge in [-0.2, -0.15) is 5.10 Å². The van der Waals surface area contributed by atoms with Crippen LogP contribution in [0.3, 0.4) is 0 Å². The van der Waals surface area contributed by atoms with Gasteiger partial charge in [0.1, 0.15) is 5.15 Å². The third-order valence-electron chi connectivity index (χ3n) is 5.63. The average Bonchev–Trinajstić information content (AvgIpc) is 2.98. The molecule has 1 aliphatic rings. The first kappa shape index (κ1) is 22.1. The Labute approximate surface area is 183 Å². The van der Waals surface area contributed by atoms with Gasteiger partial charge in [0, 0.05) is 11.6 Å². The van der Waals surface area contributed by atoms with Crippen LogP contribution in [0.25, 0.3) is 0 Å². The van der Waals surface area contributed by atoms with Crippen LogP contribution in [0.15, 0.2) is 24.3 Å². The second-order valence-corrected chi connectivity index (χ2v) is 8.75. The molecule has 158 valence electrons. The summed E-state index contributed by atoms with van der Waals surface area (Å²) < 4.78 is 1.63. The summed E-state index contributed by atoms with van der Waals surface area (Å²) in [7, 11) is 0. The van der Waals surface area contributed by atoms with E-state index in [2.05, 4.69) is 22.2 Å². The molecule has 1 aromatic carbocycles. The Morgan fingerprint density at radius 3 is 2.66 bits per heavy atom. The number of benzene rings is 1. The SMILES string of the molecule is Cc1nn(Cc2ccccc2Cl)c(Cl)c1C(=O)NCCCCN1CCC(C)CC1. The van der Waals surface area contributed by atoms with Crippen LogP contribution in [0.4, 0.5) is 0 Å². The van der Waals surface area contributed by atoms with Crippen molar-refractivity contribution in [3.05, 3.63) is 51.3 Å². The maximum atomic E-state index is 12.6. The van der Waals surface area contributed by atoms with E-state index in [0.29, 0.717) is 34.5 Å². The van der Waals surface area contributed by atoms with Crippen LogP contribution >= 0.6 is 23.2 Å². The van der Waals surface area contributed by atoms with E-state index in [9.17, 15) is 4.79 Å². The van der Waals surface area contributed by atoms with Gasteiger partial charge in [-0.1, -0.05) is 48.3 Å². The molecule has 1 saturated heterocycles. The van der Waals surface area contributed by atoms with Gasteiger partial charge in [-0.15, -0.1) is 0 Å². The van der Waals surface area contributed by atoms with E-state index in [1.54, 1.807) is 11.6 Å². The molecule has 0 saturated carbocycles. The zero-order valence-electron chi connectivity index (χ0n) is 17.3. The number of carbonyl (C=O) groups is 1. The number of hydrogen-bond donors (Lipinski definition) is 1. The quantitative estimate of drug-likeness (QED) is 0.605. The van der Waals surface area contributed by atoms with E-state index in [1.165, 1.54) is 25.9 Å². The first-order chi connectivity index (χ1) is 14.0. The third-order valence-corrected chi connectivity index (χ3v) is 6.39. The number of nitrogens with one attached hydrogen (secondary N) is 1. The second kappa shape index (κ2) is 10.5. The van der Waals surface area contributed by atoms with E-state index in [4.69, 9.17) is 23.2 Å². The van der Waals surface area contributed by atoms with Gasteiger partial charge in [0.05, 0.1) is 17.8 Å². The van der Waals surface area contributed by atoms with Crippen LogP contribution in [-0.2, 0) is 6.54 Å². The lowest BCUT2D eigenvalue weighted by molar-refractivity contribution is 0.0951. The normalized spacial score (nSPS) is 15.6. The van der Waals surface area contributed by atoms with Crippen molar-refractivity contribution < 1.29 is 4.79 Å². The van der Waals surface area contributed by atoms with Gasteiger partial charge in [0.15, 0.2) is 0 Å². The number of amides is 1. The summed E-state index contributed by atoms with van der Waals surface area (Å²) in [6, 6.07) is 7.56. The molecule has 2 heterocycles. The number of unbranched alkanes of at least 4 members (excludes halogenated alkanes) is 1. The van der Waals surface area contributed by atoms with Gasteiger partial charge in [-0.3, -0.25) is 4.79 Å². The van der Waals surface area contributed by atoms with Crippen LogP contribution in [0.2, 0.25) is 10.2 Å². The summed E-state index contributed by atoms with van der Waals surface area (Å²) in [4.78, 5) is 15.2. The standard InChI is InChI=1S/C22H30Cl2N4O/c1-16-9-13-27(14-10-16)12-6-5-11-25-22(29)20-17(2)26-28(21(20)24)15-18-7-3-4-8-19(18)23/h3-4,7-8,16H,5-6,9-15H2,1-2H3,(H,25,29). The predicted molar refractivity (Wildman–Crippen MR) is 119 cm³/mol. The van der Waals surface area contributed by atoms with Gasteiger partial charge in [0.2, 0.25) is 0 Å². The first-order valence-electron chi connectivity index (χ1n) is 10.4. The molecule has 0 atom stereocenters. The van der Waals surface area contributed by atoms with Gasteiger partial charge in [-0.25, -0.2) is 4.68 Å². The summed E-state index contributed by atoms with van der Waals surface area (Å²) in [5.41, 5.74) is 1.99. The fraction of sp³-hybridized carbons (Fsp3) is 0.545. The molecule has 1 fully saturated rings. The predicted octanol–water partition coefficient (Wildman–Crippen LogP) is 4.79. The Bertz CT molecular complexity index is 828. The molecule has 0 unspecified atom stereocenters. The summed E-state index contributed by atoms with van der Waals surface area (Å²) in [5.74, 6) is 0.696. The molecule has 29 heavy (non-hydrogen) atoms. The highest BCUT2D eigenvalue weighted by molar-refractivity contribution is 6.33. The lowest BCUT2D eigenvalue weighted by Gasteiger charge is -2.30. The van der Waals surface area contributed by atoms with Crippen LogP contribution < -0.4 is 5.32 Å². The van der Waals surface area contributed by atoms with Crippen molar-refractivity contribution in [2.75, 3.05) is 26.2 Å². The van der Waals surface area contributed by atoms with E-state index >= 15 is 0 Å². The summed E-state index contributed by atoms with van der Waals surface area (Å²) in [6.45, 7) is 8.73. The number of piperidine rings is 1. The first-order valence-corrected chi connectivity index (χ1v) is 11.2. The molecular formula is C22H30Cl2N4O. The maximum absolute atomic E-state index is 12.6. The number of rotatable bonds is 8. The van der Waals surface area contributed by atoms with Gasteiger partial charge in [0.25, 0.3) is 5.91 Å². The molecule has 0 bridgehead atoms. The number of halogens is 2. The maximum Gasteiger partial charge on any atom is 0.256 e. The van der Waals surface area contributed by atoms with Crippen molar-refractivity contribution in [1.29, 1.82) is 0 Å². The third kappa shape index (κ3) is 5.97. The molecule has 7 heteroatoms. The highest BCUT2D eigenvalue weighted by atomic mass is 35.5. The van der Waals surface area contributed by atoms with Crippen LogP contribution in [0.5, 0.6) is 0 Å². The number of likely N-dealkylation sites (tertiary alicyclic amines) is 1. The molecule has 1 amide bonds. The Morgan fingerprint density at radius 2 is 1.93 bits per heavy atom. The molecule has 1 aromatic heterocycles.